The lowest BCUT2D eigenvalue weighted by Gasteiger charge is -2.18. The van der Waals surface area contributed by atoms with Crippen molar-refractivity contribution in [3.63, 3.8) is 0 Å². The van der Waals surface area contributed by atoms with Crippen molar-refractivity contribution in [3.8, 4) is 0 Å². The smallest absolute Gasteiger partial charge is 0.306 e. The van der Waals surface area contributed by atoms with E-state index in [2.05, 4.69) is 106 Å². The molecule has 0 rings (SSSR count). The zero-order chi connectivity index (χ0) is 50.0. The second-order valence-corrected chi connectivity index (χ2v) is 19.2. The van der Waals surface area contributed by atoms with Gasteiger partial charge in [-0.15, -0.1) is 0 Å². The molecule has 0 aromatic carbocycles. The van der Waals surface area contributed by atoms with E-state index < -0.39 is 6.10 Å². The predicted octanol–water partition coefficient (Wildman–Crippen LogP) is 19.5. The van der Waals surface area contributed by atoms with Crippen LogP contribution in [-0.2, 0) is 28.6 Å². The van der Waals surface area contributed by atoms with Crippen LogP contribution in [0.5, 0.6) is 0 Å². The largest absolute Gasteiger partial charge is 0.462 e. The van der Waals surface area contributed by atoms with Gasteiger partial charge in [0.05, 0.1) is 0 Å². The van der Waals surface area contributed by atoms with Crippen molar-refractivity contribution in [1.82, 2.24) is 0 Å². The van der Waals surface area contributed by atoms with Crippen LogP contribution in [0.4, 0.5) is 0 Å². The van der Waals surface area contributed by atoms with Crippen molar-refractivity contribution in [2.24, 2.45) is 0 Å². The zero-order valence-electron chi connectivity index (χ0n) is 45.3. The number of esters is 3. The van der Waals surface area contributed by atoms with Gasteiger partial charge in [0.2, 0.25) is 0 Å². The molecule has 0 aromatic heterocycles. The zero-order valence-corrected chi connectivity index (χ0v) is 45.3. The Morgan fingerprint density at radius 2 is 0.623 bits per heavy atom. The van der Waals surface area contributed by atoms with Gasteiger partial charge in [-0.2, -0.15) is 0 Å². The molecule has 69 heavy (non-hydrogen) atoms. The number of ether oxygens (including phenoxy) is 3. The van der Waals surface area contributed by atoms with Gasteiger partial charge in [-0.25, -0.2) is 0 Å². The highest BCUT2D eigenvalue weighted by Crippen LogP contribution is 2.15. The Balaban J connectivity index is 4.44. The molecule has 1 atom stereocenters. The molecule has 0 aliphatic carbocycles. The van der Waals surface area contributed by atoms with Gasteiger partial charge in [0, 0.05) is 19.3 Å². The second kappa shape index (κ2) is 57.2. The van der Waals surface area contributed by atoms with Crippen LogP contribution in [0.2, 0.25) is 0 Å². The quantitative estimate of drug-likeness (QED) is 0.0199. The van der Waals surface area contributed by atoms with E-state index in [0.717, 1.165) is 116 Å². The minimum absolute atomic E-state index is 0.0945. The molecular formula is C63H108O6. The molecule has 0 N–H and O–H groups in total. The van der Waals surface area contributed by atoms with Crippen molar-refractivity contribution in [2.45, 2.75) is 284 Å². The van der Waals surface area contributed by atoms with Crippen molar-refractivity contribution >= 4 is 17.9 Å². The molecular weight excluding hydrogens is 853 g/mol. The molecule has 0 saturated heterocycles. The Morgan fingerprint density at radius 3 is 1.01 bits per heavy atom. The number of unbranched alkanes of at least 4 members (excludes halogenated alkanes) is 29. The molecule has 0 spiro atoms. The lowest BCUT2D eigenvalue weighted by Crippen LogP contribution is -2.30. The maximum atomic E-state index is 12.9. The lowest BCUT2D eigenvalue weighted by atomic mass is 10.1. The van der Waals surface area contributed by atoms with Gasteiger partial charge < -0.3 is 14.2 Å². The molecule has 0 saturated carbocycles. The maximum Gasteiger partial charge on any atom is 0.306 e. The molecule has 1 unspecified atom stereocenters. The summed E-state index contributed by atoms with van der Waals surface area (Å²) >= 11 is 0. The van der Waals surface area contributed by atoms with E-state index >= 15 is 0 Å². The van der Waals surface area contributed by atoms with Gasteiger partial charge in [0.1, 0.15) is 13.2 Å². The van der Waals surface area contributed by atoms with Gasteiger partial charge in [-0.3, -0.25) is 14.4 Å². The van der Waals surface area contributed by atoms with E-state index in [-0.39, 0.29) is 31.1 Å². The van der Waals surface area contributed by atoms with E-state index in [4.69, 9.17) is 14.2 Å². The van der Waals surface area contributed by atoms with Crippen molar-refractivity contribution in [2.75, 3.05) is 13.2 Å². The number of carbonyl (C=O) groups is 3. The second-order valence-electron chi connectivity index (χ2n) is 19.2. The van der Waals surface area contributed by atoms with Crippen LogP contribution in [0, 0.1) is 0 Å². The molecule has 0 aliphatic rings. The number of carbonyl (C=O) groups excluding carboxylic acids is 3. The van der Waals surface area contributed by atoms with Gasteiger partial charge in [-0.1, -0.05) is 241 Å². The minimum Gasteiger partial charge on any atom is -0.462 e. The third-order valence-corrected chi connectivity index (χ3v) is 12.4. The summed E-state index contributed by atoms with van der Waals surface area (Å²) in [6.45, 7) is 6.49. The van der Waals surface area contributed by atoms with E-state index in [1.54, 1.807) is 0 Å². The summed E-state index contributed by atoms with van der Waals surface area (Å²) in [6.07, 6.45) is 74.3. The summed E-state index contributed by atoms with van der Waals surface area (Å²) in [4.78, 5) is 38.2. The molecule has 396 valence electrons. The third-order valence-electron chi connectivity index (χ3n) is 12.4. The highest BCUT2D eigenvalue weighted by Gasteiger charge is 2.19. The summed E-state index contributed by atoms with van der Waals surface area (Å²) in [5, 5.41) is 0. The van der Waals surface area contributed by atoms with Gasteiger partial charge >= 0.3 is 17.9 Å². The highest BCUT2D eigenvalue weighted by atomic mass is 16.6. The van der Waals surface area contributed by atoms with E-state index in [1.165, 1.54) is 122 Å². The lowest BCUT2D eigenvalue weighted by molar-refractivity contribution is -0.167. The van der Waals surface area contributed by atoms with E-state index in [0.29, 0.717) is 19.3 Å². The Bertz CT molecular complexity index is 1330. The monoisotopic (exact) mass is 961 g/mol. The summed E-state index contributed by atoms with van der Waals surface area (Å²) in [5.74, 6) is -0.936. The summed E-state index contributed by atoms with van der Waals surface area (Å²) in [6, 6.07) is 0. The molecule has 0 radical (unpaired) electrons. The summed E-state index contributed by atoms with van der Waals surface area (Å²) in [5.41, 5.74) is 0. The first-order valence-corrected chi connectivity index (χ1v) is 29.1. The number of hydrogen-bond acceptors (Lipinski definition) is 6. The number of allylic oxidation sites excluding steroid dienone is 14. The molecule has 0 heterocycles. The summed E-state index contributed by atoms with van der Waals surface area (Å²) < 4.78 is 16.8. The van der Waals surface area contributed by atoms with Gasteiger partial charge in [0.15, 0.2) is 6.10 Å². The van der Waals surface area contributed by atoms with Crippen molar-refractivity contribution < 1.29 is 28.6 Å². The standard InChI is InChI=1S/C63H108O6/c1-4-7-10-13-16-19-22-25-28-30-32-34-35-38-41-44-47-50-53-56-62(65)68-59-60(58-67-61(64)55-52-49-46-43-40-37-27-24-21-18-15-12-9-6-3)69-63(66)57-54-51-48-45-42-39-36-33-31-29-26-23-20-17-14-11-8-5-2/h9,12,18,21,23,26-27,29-33,36-37,60H,4-8,10-11,13-17,19-20,22,24-25,28,34-35,38-59H2,1-3H3/b12-9-,21-18-,26-23-,31-29-,32-30-,36-33-,37-27-. The normalized spacial score (nSPS) is 12.7. The van der Waals surface area contributed by atoms with Crippen molar-refractivity contribution in [3.05, 3.63) is 85.1 Å². The van der Waals surface area contributed by atoms with Crippen LogP contribution in [0.15, 0.2) is 85.1 Å². The van der Waals surface area contributed by atoms with Crippen LogP contribution in [-0.4, -0.2) is 37.2 Å². The molecule has 0 aromatic rings. The predicted molar refractivity (Wildman–Crippen MR) is 297 cm³/mol. The third kappa shape index (κ3) is 55.4. The van der Waals surface area contributed by atoms with Gasteiger partial charge in [-0.05, 0) is 103 Å². The Kier molecular flexibility index (Phi) is 54.3. The number of hydrogen-bond donors (Lipinski definition) is 0. The Morgan fingerprint density at radius 1 is 0.319 bits per heavy atom. The molecule has 6 heteroatoms. The molecule has 6 nitrogen and oxygen atoms in total. The topological polar surface area (TPSA) is 78.9 Å². The molecule has 0 bridgehead atoms. The SMILES string of the molecule is CC/C=C\C/C=C\C/C=C\CCCCCCC(=O)OCC(COC(=O)CCCCCCCCC/C=C\CCCCCCCCCC)OC(=O)CCCCCCC\C=C/C=C\C=C/CCCCCCC. The summed E-state index contributed by atoms with van der Waals surface area (Å²) in [7, 11) is 0. The maximum absolute atomic E-state index is 12.9. The van der Waals surface area contributed by atoms with Crippen LogP contribution in [0.25, 0.3) is 0 Å². The Hall–Kier alpha value is -3.41. The first-order chi connectivity index (χ1) is 34.0. The van der Waals surface area contributed by atoms with Crippen LogP contribution >= 0.6 is 0 Å². The van der Waals surface area contributed by atoms with Crippen LogP contribution in [0.1, 0.15) is 278 Å². The average molecular weight is 962 g/mol. The fourth-order valence-electron chi connectivity index (χ4n) is 8.04. The first-order valence-electron chi connectivity index (χ1n) is 29.1. The minimum atomic E-state index is -0.799. The molecule has 0 fully saturated rings. The van der Waals surface area contributed by atoms with E-state index in [9.17, 15) is 14.4 Å². The van der Waals surface area contributed by atoms with Crippen LogP contribution in [0.3, 0.4) is 0 Å². The average Bonchev–Trinajstić information content (AvgIpc) is 3.35. The van der Waals surface area contributed by atoms with Crippen molar-refractivity contribution in [1.29, 1.82) is 0 Å². The molecule has 0 amide bonds. The van der Waals surface area contributed by atoms with Gasteiger partial charge in [0.25, 0.3) is 0 Å². The highest BCUT2D eigenvalue weighted by molar-refractivity contribution is 5.71. The first kappa shape index (κ1) is 65.6. The van der Waals surface area contributed by atoms with E-state index in [1.807, 2.05) is 0 Å². The number of rotatable bonds is 52. The fraction of sp³-hybridized carbons (Fsp3) is 0.730. The molecule has 0 aliphatic heterocycles. The fourth-order valence-corrected chi connectivity index (χ4v) is 8.04. The van der Waals surface area contributed by atoms with Crippen LogP contribution < -0.4 is 0 Å². The Labute approximate surface area is 426 Å².